The molecule has 1 amide bonds. The molecule has 144 valence electrons. The smallest absolute Gasteiger partial charge is 0.252 e. The first-order chi connectivity index (χ1) is 12.7. The third-order valence-electron chi connectivity index (χ3n) is 3.63. The Bertz CT molecular complexity index is 926. The monoisotopic (exact) mass is 448 g/mol. The molecule has 1 aromatic carbocycles. The van der Waals surface area contributed by atoms with Gasteiger partial charge in [0.2, 0.25) is 0 Å². The average molecular weight is 449 g/mol. The Balaban J connectivity index is 0.00000176. The summed E-state index contributed by atoms with van der Waals surface area (Å²) in [7, 11) is 0. The van der Waals surface area contributed by atoms with Crippen LogP contribution in [0.25, 0.3) is 10.1 Å². The van der Waals surface area contributed by atoms with Crippen LogP contribution in [0.4, 0.5) is 5.00 Å². The maximum atomic E-state index is 11.9. The number of allylic oxidation sites excluding steroid dienone is 3. The highest BCUT2D eigenvalue weighted by molar-refractivity contribution is 9.10. The summed E-state index contributed by atoms with van der Waals surface area (Å²) in [6, 6.07) is 3.26. The number of carbonyl (C=O) groups is 1. The number of nitrogens with one attached hydrogen (secondary N) is 1. The quantitative estimate of drug-likeness (QED) is 0.423. The molecular formula is C21H25BrN2O2S. The van der Waals surface area contributed by atoms with Crippen molar-refractivity contribution >= 4 is 48.3 Å². The molecule has 0 aliphatic carbocycles. The van der Waals surface area contributed by atoms with Gasteiger partial charge in [0, 0.05) is 15.8 Å². The minimum Gasteiger partial charge on any atom is -0.507 e. The van der Waals surface area contributed by atoms with Crippen molar-refractivity contribution in [3.05, 3.63) is 70.9 Å². The molecule has 0 saturated heterocycles. The Morgan fingerprint density at radius 1 is 1.30 bits per heavy atom. The maximum Gasteiger partial charge on any atom is 0.252 e. The van der Waals surface area contributed by atoms with Gasteiger partial charge in [0.1, 0.15) is 10.8 Å². The van der Waals surface area contributed by atoms with E-state index in [9.17, 15) is 9.90 Å². The molecule has 0 unspecified atom stereocenters. The van der Waals surface area contributed by atoms with E-state index in [0.717, 1.165) is 16.7 Å². The van der Waals surface area contributed by atoms with E-state index in [-0.39, 0.29) is 5.75 Å². The number of rotatable bonds is 7. The fourth-order valence-electron chi connectivity index (χ4n) is 2.09. The lowest BCUT2D eigenvalue weighted by Gasteiger charge is -2.09. The van der Waals surface area contributed by atoms with E-state index in [2.05, 4.69) is 41.0 Å². The van der Waals surface area contributed by atoms with E-state index in [1.54, 1.807) is 12.1 Å². The molecule has 0 fully saturated rings. The summed E-state index contributed by atoms with van der Waals surface area (Å²) in [5.74, 6) is -0.458. The van der Waals surface area contributed by atoms with Crippen molar-refractivity contribution in [1.82, 2.24) is 0 Å². The minimum absolute atomic E-state index is 0.0977. The van der Waals surface area contributed by atoms with Gasteiger partial charge in [0.25, 0.3) is 5.91 Å². The predicted molar refractivity (Wildman–Crippen MR) is 122 cm³/mol. The predicted octanol–water partition coefficient (Wildman–Crippen LogP) is 6.50. The number of carbonyl (C=O) groups excluding carboxylic acids is 1. The lowest BCUT2D eigenvalue weighted by atomic mass is 10.1. The van der Waals surface area contributed by atoms with Crippen LogP contribution in [0, 0.1) is 0 Å². The summed E-state index contributed by atoms with van der Waals surface area (Å²) >= 11 is 4.57. The van der Waals surface area contributed by atoms with Crippen molar-refractivity contribution in [1.29, 1.82) is 0 Å². The van der Waals surface area contributed by atoms with Gasteiger partial charge < -0.3 is 16.2 Å². The third kappa shape index (κ3) is 5.58. The third-order valence-corrected chi connectivity index (χ3v) is 5.33. The van der Waals surface area contributed by atoms with Gasteiger partial charge in [-0.15, -0.1) is 11.3 Å². The Hall–Kier alpha value is -2.31. The zero-order valence-electron chi connectivity index (χ0n) is 15.9. The number of phenols is 1. The largest absolute Gasteiger partial charge is 0.507 e. The van der Waals surface area contributed by atoms with Crippen LogP contribution in [0.1, 0.15) is 37.6 Å². The van der Waals surface area contributed by atoms with Crippen LogP contribution in [-0.2, 0) is 0 Å². The summed E-state index contributed by atoms with van der Waals surface area (Å²) in [5.41, 5.74) is 8.12. The number of thiophene rings is 1. The summed E-state index contributed by atoms with van der Waals surface area (Å²) in [6.45, 7) is 17.9. The molecule has 0 radical (unpaired) electrons. The molecule has 4 N–H and O–H groups in total. The van der Waals surface area contributed by atoms with Gasteiger partial charge in [0.15, 0.2) is 0 Å². The van der Waals surface area contributed by atoms with Gasteiger partial charge in [0.05, 0.1) is 10.0 Å². The van der Waals surface area contributed by atoms with Crippen molar-refractivity contribution in [3.63, 3.8) is 0 Å². The van der Waals surface area contributed by atoms with Gasteiger partial charge in [-0.25, -0.2) is 0 Å². The number of amides is 1. The van der Waals surface area contributed by atoms with E-state index in [0.29, 0.717) is 31.7 Å². The highest BCUT2D eigenvalue weighted by atomic mass is 79.9. The zero-order chi connectivity index (χ0) is 20.7. The normalized spacial score (nSPS) is 10.4. The van der Waals surface area contributed by atoms with Gasteiger partial charge in [-0.05, 0) is 40.1 Å². The van der Waals surface area contributed by atoms with Crippen molar-refractivity contribution in [2.75, 3.05) is 5.32 Å². The molecular weight excluding hydrogens is 424 g/mol. The average Bonchev–Trinajstić information content (AvgIpc) is 2.98. The number of benzene rings is 1. The summed E-state index contributed by atoms with van der Waals surface area (Å²) in [5, 5.41) is 14.2. The number of primary amides is 1. The molecule has 1 aromatic heterocycles. The molecule has 0 aliphatic rings. The van der Waals surface area contributed by atoms with E-state index in [1.807, 2.05) is 32.9 Å². The molecule has 0 aliphatic heterocycles. The summed E-state index contributed by atoms with van der Waals surface area (Å²) in [4.78, 5) is 11.9. The Morgan fingerprint density at radius 3 is 2.48 bits per heavy atom. The van der Waals surface area contributed by atoms with E-state index >= 15 is 0 Å². The van der Waals surface area contributed by atoms with Gasteiger partial charge in [-0.1, -0.05) is 58.2 Å². The second-order valence-corrected chi connectivity index (χ2v) is 7.35. The molecule has 2 aromatic rings. The van der Waals surface area contributed by atoms with Crippen molar-refractivity contribution in [2.24, 2.45) is 5.73 Å². The standard InChI is InChI=1S/C19H19BrN2O2S.C2H6/c1-5-10(2)6-7-11(3)12(4)22-19-17(18(21)24)13-8-14(20)15(23)9-16(13)25-19;1-2/h6-9,22-23H,2-5H2,1H3,(H2,21,24);1-2H3/b7-6-;. The fraction of sp³-hybridized carbons (Fsp3) is 0.190. The Morgan fingerprint density at radius 2 is 1.93 bits per heavy atom. The molecule has 2 rings (SSSR count). The molecule has 4 nitrogen and oxygen atoms in total. The first-order valence-corrected chi connectivity index (χ1v) is 10.1. The van der Waals surface area contributed by atoms with Crippen LogP contribution in [0.5, 0.6) is 5.75 Å². The Kier molecular flexibility index (Phi) is 8.53. The van der Waals surface area contributed by atoms with Crippen LogP contribution < -0.4 is 11.1 Å². The number of phenolic OH excluding ortho intramolecular Hbond substituents is 1. The van der Waals surface area contributed by atoms with Crippen LogP contribution in [0.15, 0.2) is 65.3 Å². The molecule has 0 bridgehead atoms. The van der Waals surface area contributed by atoms with Crippen molar-refractivity contribution < 1.29 is 9.90 Å². The van der Waals surface area contributed by atoms with Crippen molar-refractivity contribution in [3.8, 4) is 5.75 Å². The number of fused-ring (bicyclic) bond motifs is 1. The van der Waals surface area contributed by atoms with Gasteiger partial charge >= 0.3 is 0 Å². The summed E-state index contributed by atoms with van der Waals surface area (Å²) in [6.07, 6.45) is 4.55. The first kappa shape index (κ1) is 22.7. The van der Waals surface area contributed by atoms with Crippen LogP contribution in [0.3, 0.4) is 0 Å². The fourth-order valence-corrected chi connectivity index (χ4v) is 3.58. The molecule has 27 heavy (non-hydrogen) atoms. The molecule has 1 heterocycles. The first-order valence-electron chi connectivity index (χ1n) is 8.50. The summed E-state index contributed by atoms with van der Waals surface area (Å²) < 4.78 is 1.24. The van der Waals surface area contributed by atoms with E-state index in [4.69, 9.17) is 5.73 Å². The van der Waals surface area contributed by atoms with E-state index in [1.165, 1.54) is 11.3 Å². The van der Waals surface area contributed by atoms with Crippen LogP contribution in [0.2, 0.25) is 0 Å². The number of hydrogen-bond acceptors (Lipinski definition) is 4. The second-order valence-electron chi connectivity index (χ2n) is 5.44. The molecule has 0 atom stereocenters. The van der Waals surface area contributed by atoms with Crippen molar-refractivity contribution in [2.45, 2.75) is 27.2 Å². The number of anilines is 1. The number of nitrogens with two attached hydrogens (primary N) is 1. The highest BCUT2D eigenvalue weighted by Crippen LogP contribution is 2.41. The topological polar surface area (TPSA) is 75.3 Å². The van der Waals surface area contributed by atoms with Gasteiger partial charge in [-0.2, -0.15) is 0 Å². The SMILES string of the molecule is C=C(/C=C\C(=C)C(=C)Nc1sc2cc(O)c(Br)cc2c1C(N)=O)CC.CC. The highest BCUT2D eigenvalue weighted by Gasteiger charge is 2.19. The molecule has 6 heteroatoms. The van der Waals surface area contributed by atoms with Gasteiger partial charge in [-0.3, -0.25) is 4.79 Å². The van der Waals surface area contributed by atoms with E-state index < -0.39 is 5.91 Å². The molecule has 0 saturated carbocycles. The van der Waals surface area contributed by atoms with Crippen LogP contribution in [-0.4, -0.2) is 11.0 Å². The second kappa shape index (κ2) is 10.1. The number of aromatic hydroxyl groups is 1. The minimum atomic E-state index is -0.556. The maximum absolute atomic E-state index is 11.9. The lowest BCUT2D eigenvalue weighted by Crippen LogP contribution is -2.13. The number of halogens is 1. The number of hydrogen-bond donors (Lipinski definition) is 3. The lowest BCUT2D eigenvalue weighted by molar-refractivity contribution is 0.100. The Labute approximate surface area is 172 Å². The zero-order valence-corrected chi connectivity index (χ0v) is 18.3. The van der Waals surface area contributed by atoms with Crippen LogP contribution >= 0.6 is 27.3 Å². The molecule has 0 spiro atoms.